The molecule has 0 aliphatic heterocycles. The van der Waals surface area contributed by atoms with Gasteiger partial charge in [-0.3, -0.25) is 9.59 Å². The van der Waals surface area contributed by atoms with Gasteiger partial charge in [0.2, 0.25) is 5.91 Å². The molecule has 184 valence electrons. The van der Waals surface area contributed by atoms with Crippen molar-refractivity contribution in [2.45, 2.75) is 4.90 Å². The van der Waals surface area contributed by atoms with Crippen LogP contribution in [0.1, 0.15) is 10.4 Å². The molecule has 10 heteroatoms. The standard InChI is InChI=1S/C26H22FN3O4S2/c1-33-21-7-4-8-22(34-2)24(21)25(32)28-18-5-3-6-19(13-18)35-15-23(31)30-26-29-20(14-36-26)16-9-11-17(27)12-10-16/h3-14H,15H2,1-2H3,(H,28,32)(H,29,30,31). The van der Waals surface area contributed by atoms with Gasteiger partial charge in [-0.05, 0) is 54.6 Å². The Morgan fingerprint density at radius 2 is 1.67 bits per heavy atom. The van der Waals surface area contributed by atoms with E-state index in [0.29, 0.717) is 33.6 Å². The maximum atomic E-state index is 13.1. The minimum absolute atomic E-state index is 0.156. The first-order valence-corrected chi connectivity index (χ1v) is 12.6. The van der Waals surface area contributed by atoms with Crippen LogP contribution < -0.4 is 20.1 Å². The quantitative estimate of drug-likeness (QED) is 0.264. The number of hydrogen-bond acceptors (Lipinski definition) is 7. The molecule has 0 spiro atoms. The highest BCUT2D eigenvalue weighted by Gasteiger charge is 2.18. The van der Waals surface area contributed by atoms with E-state index in [4.69, 9.17) is 9.47 Å². The highest BCUT2D eigenvalue weighted by Crippen LogP contribution is 2.30. The summed E-state index contributed by atoms with van der Waals surface area (Å²) in [6, 6.07) is 18.3. The molecule has 0 aliphatic carbocycles. The topological polar surface area (TPSA) is 89.5 Å². The number of rotatable bonds is 9. The predicted octanol–water partition coefficient (Wildman–Crippen LogP) is 5.95. The van der Waals surface area contributed by atoms with E-state index in [1.165, 1.54) is 49.5 Å². The van der Waals surface area contributed by atoms with E-state index in [0.717, 1.165) is 10.5 Å². The van der Waals surface area contributed by atoms with Crippen LogP contribution in [0.4, 0.5) is 15.2 Å². The molecule has 2 amide bonds. The Balaban J connectivity index is 1.35. The number of hydrogen-bond donors (Lipinski definition) is 2. The Bertz CT molecular complexity index is 1350. The summed E-state index contributed by atoms with van der Waals surface area (Å²) in [5, 5.41) is 7.91. The van der Waals surface area contributed by atoms with E-state index in [-0.39, 0.29) is 23.4 Å². The lowest BCUT2D eigenvalue weighted by molar-refractivity contribution is -0.113. The molecule has 0 atom stereocenters. The highest BCUT2D eigenvalue weighted by atomic mass is 32.2. The number of benzene rings is 3. The molecule has 7 nitrogen and oxygen atoms in total. The van der Waals surface area contributed by atoms with Crippen LogP contribution in [0.3, 0.4) is 0 Å². The minimum Gasteiger partial charge on any atom is -0.496 e. The average Bonchev–Trinajstić information content (AvgIpc) is 3.35. The van der Waals surface area contributed by atoms with Gasteiger partial charge in [-0.1, -0.05) is 12.1 Å². The summed E-state index contributed by atoms with van der Waals surface area (Å²) < 4.78 is 23.7. The second-order valence-corrected chi connectivity index (χ2v) is 9.31. The van der Waals surface area contributed by atoms with E-state index >= 15 is 0 Å². The van der Waals surface area contributed by atoms with Crippen LogP contribution in [0.5, 0.6) is 11.5 Å². The first kappa shape index (κ1) is 25.2. The van der Waals surface area contributed by atoms with Crippen LogP contribution in [-0.4, -0.2) is 36.8 Å². The van der Waals surface area contributed by atoms with Crippen molar-refractivity contribution in [1.29, 1.82) is 0 Å². The lowest BCUT2D eigenvalue weighted by atomic mass is 10.1. The Kier molecular flexibility index (Phi) is 8.19. The smallest absolute Gasteiger partial charge is 0.263 e. The first-order chi connectivity index (χ1) is 17.5. The van der Waals surface area contributed by atoms with Crippen LogP contribution in [-0.2, 0) is 4.79 Å². The monoisotopic (exact) mass is 523 g/mol. The summed E-state index contributed by atoms with van der Waals surface area (Å²) in [6.45, 7) is 0. The molecule has 1 heterocycles. The number of thioether (sulfide) groups is 1. The predicted molar refractivity (Wildman–Crippen MR) is 141 cm³/mol. The fourth-order valence-electron chi connectivity index (χ4n) is 3.32. The maximum Gasteiger partial charge on any atom is 0.263 e. The Morgan fingerprint density at radius 3 is 2.36 bits per heavy atom. The van der Waals surface area contributed by atoms with Gasteiger partial charge in [0, 0.05) is 21.5 Å². The van der Waals surface area contributed by atoms with Crippen molar-refractivity contribution in [1.82, 2.24) is 4.98 Å². The third-order valence-electron chi connectivity index (χ3n) is 5.01. The Hall–Kier alpha value is -3.89. The molecule has 0 bridgehead atoms. The minimum atomic E-state index is -0.370. The number of ether oxygens (including phenoxy) is 2. The molecule has 0 saturated heterocycles. The highest BCUT2D eigenvalue weighted by molar-refractivity contribution is 8.00. The number of anilines is 2. The van der Waals surface area contributed by atoms with E-state index in [2.05, 4.69) is 15.6 Å². The number of carbonyl (C=O) groups excluding carboxylic acids is 2. The molecular formula is C26H22FN3O4S2. The number of methoxy groups -OCH3 is 2. The summed E-state index contributed by atoms with van der Waals surface area (Å²) in [5.74, 6) is 0.0573. The van der Waals surface area contributed by atoms with Gasteiger partial charge in [-0.25, -0.2) is 9.37 Å². The molecule has 2 N–H and O–H groups in total. The van der Waals surface area contributed by atoms with Crippen molar-refractivity contribution in [3.63, 3.8) is 0 Å². The maximum absolute atomic E-state index is 13.1. The second kappa shape index (κ2) is 11.7. The Labute approximate surface area is 215 Å². The zero-order chi connectivity index (χ0) is 25.5. The second-order valence-electron chi connectivity index (χ2n) is 7.40. The molecule has 0 radical (unpaired) electrons. The molecule has 0 saturated carbocycles. The summed E-state index contributed by atoms with van der Waals surface area (Å²) in [4.78, 5) is 30.6. The molecular weight excluding hydrogens is 501 g/mol. The van der Waals surface area contributed by atoms with Crippen molar-refractivity contribution >= 4 is 45.7 Å². The molecule has 4 aromatic rings. The zero-order valence-corrected chi connectivity index (χ0v) is 21.0. The fourth-order valence-corrected chi connectivity index (χ4v) is 4.81. The number of nitrogens with zero attached hydrogens (tertiary/aromatic N) is 1. The SMILES string of the molecule is COc1cccc(OC)c1C(=O)Nc1cccc(SCC(=O)Nc2nc(-c3ccc(F)cc3)cs2)c1. The molecule has 1 aromatic heterocycles. The van der Waals surface area contributed by atoms with Gasteiger partial charge in [0.25, 0.3) is 5.91 Å². The van der Waals surface area contributed by atoms with Crippen molar-refractivity contribution in [3.8, 4) is 22.8 Å². The van der Waals surface area contributed by atoms with E-state index in [1.54, 1.807) is 53.9 Å². The van der Waals surface area contributed by atoms with Crippen LogP contribution >= 0.6 is 23.1 Å². The lowest BCUT2D eigenvalue weighted by Gasteiger charge is -2.13. The van der Waals surface area contributed by atoms with Crippen LogP contribution in [0.25, 0.3) is 11.3 Å². The van der Waals surface area contributed by atoms with E-state index in [9.17, 15) is 14.0 Å². The van der Waals surface area contributed by atoms with E-state index in [1.807, 2.05) is 6.07 Å². The van der Waals surface area contributed by atoms with Crippen LogP contribution in [0, 0.1) is 5.82 Å². The zero-order valence-electron chi connectivity index (χ0n) is 19.4. The Morgan fingerprint density at radius 1 is 0.972 bits per heavy atom. The van der Waals surface area contributed by atoms with Crippen LogP contribution in [0.15, 0.2) is 77.0 Å². The molecule has 0 unspecified atom stereocenters. The molecule has 36 heavy (non-hydrogen) atoms. The van der Waals surface area contributed by atoms with Gasteiger partial charge in [0.05, 0.1) is 25.7 Å². The third kappa shape index (κ3) is 6.21. The number of nitrogens with one attached hydrogen (secondary N) is 2. The van der Waals surface area contributed by atoms with Crippen molar-refractivity contribution in [2.75, 3.05) is 30.6 Å². The van der Waals surface area contributed by atoms with Crippen molar-refractivity contribution < 1.29 is 23.5 Å². The molecule has 0 aliphatic rings. The average molecular weight is 524 g/mol. The van der Waals surface area contributed by atoms with Gasteiger partial charge < -0.3 is 20.1 Å². The molecule has 3 aromatic carbocycles. The summed E-state index contributed by atoms with van der Waals surface area (Å²) in [7, 11) is 2.98. The molecule has 4 rings (SSSR count). The van der Waals surface area contributed by atoms with Gasteiger partial charge in [-0.15, -0.1) is 23.1 Å². The number of carbonyl (C=O) groups is 2. The number of amides is 2. The number of thiazole rings is 1. The van der Waals surface area contributed by atoms with E-state index < -0.39 is 0 Å². The fraction of sp³-hybridized carbons (Fsp3) is 0.115. The molecule has 0 fully saturated rings. The lowest BCUT2D eigenvalue weighted by Crippen LogP contribution is -2.15. The normalized spacial score (nSPS) is 10.5. The third-order valence-corrected chi connectivity index (χ3v) is 6.76. The van der Waals surface area contributed by atoms with Crippen LogP contribution in [0.2, 0.25) is 0 Å². The summed E-state index contributed by atoms with van der Waals surface area (Å²) >= 11 is 2.63. The number of aromatic nitrogens is 1. The van der Waals surface area contributed by atoms with Gasteiger partial charge in [0.15, 0.2) is 5.13 Å². The summed E-state index contributed by atoms with van der Waals surface area (Å²) in [5.41, 5.74) is 2.30. The van der Waals surface area contributed by atoms with Gasteiger partial charge in [-0.2, -0.15) is 0 Å². The van der Waals surface area contributed by atoms with Gasteiger partial charge in [0.1, 0.15) is 22.9 Å². The number of halogens is 1. The van der Waals surface area contributed by atoms with Gasteiger partial charge >= 0.3 is 0 Å². The van der Waals surface area contributed by atoms with Crippen molar-refractivity contribution in [2.24, 2.45) is 0 Å². The van der Waals surface area contributed by atoms with Crippen molar-refractivity contribution in [3.05, 3.63) is 83.5 Å². The first-order valence-electron chi connectivity index (χ1n) is 10.7. The summed E-state index contributed by atoms with van der Waals surface area (Å²) in [6.07, 6.45) is 0. The largest absolute Gasteiger partial charge is 0.496 e.